The van der Waals surface area contributed by atoms with Crippen LogP contribution in [-0.2, 0) is 14.4 Å². The molecule has 0 aliphatic carbocycles. The lowest BCUT2D eigenvalue weighted by atomic mass is 9.97. The number of para-hydroxylation sites is 1. The third-order valence-corrected chi connectivity index (χ3v) is 4.39. The largest absolute Gasteiger partial charge is 0.345 e. The molecule has 1 aromatic rings. The molecule has 0 bridgehead atoms. The molecular formula is C21H33N3O3. The van der Waals surface area contributed by atoms with Gasteiger partial charge in [0.25, 0.3) is 0 Å². The lowest BCUT2D eigenvalue weighted by Crippen LogP contribution is -2.45. The van der Waals surface area contributed by atoms with Gasteiger partial charge in [-0.1, -0.05) is 51.8 Å². The lowest BCUT2D eigenvalue weighted by molar-refractivity contribution is -0.140. The van der Waals surface area contributed by atoms with Gasteiger partial charge in [-0.25, -0.2) is 0 Å². The number of nitrogens with zero attached hydrogens (tertiary/aromatic N) is 1. The Labute approximate surface area is 162 Å². The van der Waals surface area contributed by atoms with Gasteiger partial charge in [0.05, 0.1) is 13.1 Å². The monoisotopic (exact) mass is 375 g/mol. The number of nitrogens with one attached hydrogen (secondary N) is 2. The molecule has 0 spiro atoms. The average molecular weight is 376 g/mol. The molecule has 27 heavy (non-hydrogen) atoms. The van der Waals surface area contributed by atoms with Crippen LogP contribution in [0.5, 0.6) is 0 Å². The van der Waals surface area contributed by atoms with Gasteiger partial charge < -0.3 is 15.5 Å². The van der Waals surface area contributed by atoms with Crippen molar-refractivity contribution in [3.8, 4) is 0 Å². The molecular weight excluding hydrogens is 342 g/mol. The quantitative estimate of drug-likeness (QED) is 0.589. The molecule has 0 saturated carbocycles. The highest BCUT2D eigenvalue weighted by Crippen LogP contribution is 2.16. The van der Waals surface area contributed by atoms with Crippen molar-refractivity contribution in [1.82, 2.24) is 10.2 Å². The van der Waals surface area contributed by atoms with Crippen molar-refractivity contribution in [2.45, 2.75) is 52.9 Å². The van der Waals surface area contributed by atoms with E-state index in [9.17, 15) is 14.4 Å². The first kappa shape index (κ1) is 22.7. The molecule has 1 rings (SSSR count). The van der Waals surface area contributed by atoms with Gasteiger partial charge in [-0.3, -0.25) is 14.4 Å². The molecule has 0 radical (unpaired) electrons. The van der Waals surface area contributed by atoms with Crippen LogP contribution in [0.25, 0.3) is 0 Å². The Morgan fingerprint density at radius 1 is 1.00 bits per heavy atom. The number of benzene rings is 1. The van der Waals surface area contributed by atoms with Crippen molar-refractivity contribution in [2.75, 3.05) is 25.0 Å². The van der Waals surface area contributed by atoms with Gasteiger partial charge in [0, 0.05) is 18.2 Å². The van der Waals surface area contributed by atoms with Crippen molar-refractivity contribution in [1.29, 1.82) is 0 Å². The number of unbranched alkanes of at least 4 members (excludes halogenated alkanes) is 1. The predicted molar refractivity (Wildman–Crippen MR) is 108 cm³/mol. The zero-order valence-electron chi connectivity index (χ0n) is 16.8. The zero-order valence-corrected chi connectivity index (χ0v) is 16.8. The average Bonchev–Trinajstić information content (AvgIpc) is 2.67. The van der Waals surface area contributed by atoms with Crippen molar-refractivity contribution in [3.05, 3.63) is 30.3 Å². The minimum absolute atomic E-state index is 0.00604. The van der Waals surface area contributed by atoms with Crippen LogP contribution in [0.3, 0.4) is 0 Å². The topological polar surface area (TPSA) is 78.5 Å². The van der Waals surface area contributed by atoms with Crippen LogP contribution in [0, 0.1) is 5.92 Å². The molecule has 2 N–H and O–H groups in total. The highest BCUT2D eigenvalue weighted by atomic mass is 16.2. The number of carbonyl (C=O) groups is 3. The third kappa shape index (κ3) is 8.71. The first-order valence-electron chi connectivity index (χ1n) is 9.92. The van der Waals surface area contributed by atoms with Gasteiger partial charge in [-0.15, -0.1) is 0 Å². The summed E-state index contributed by atoms with van der Waals surface area (Å²) >= 11 is 0. The number of hydrogen-bond donors (Lipinski definition) is 2. The first-order chi connectivity index (χ1) is 13.0. The van der Waals surface area contributed by atoms with Crippen LogP contribution >= 0.6 is 0 Å². The number of hydrogen-bond acceptors (Lipinski definition) is 3. The fourth-order valence-electron chi connectivity index (χ4n) is 2.88. The molecule has 0 fully saturated rings. The van der Waals surface area contributed by atoms with E-state index >= 15 is 0 Å². The van der Waals surface area contributed by atoms with Gasteiger partial charge in [0.2, 0.25) is 17.7 Å². The molecule has 0 aromatic heterocycles. The molecule has 150 valence electrons. The van der Waals surface area contributed by atoms with E-state index in [2.05, 4.69) is 17.6 Å². The summed E-state index contributed by atoms with van der Waals surface area (Å²) in [6, 6.07) is 9.07. The van der Waals surface area contributed by atoms with Crippen molar-refractivity contribution in [2.24, 2.45) is 5.92 Å². The third-order valence-electron chi connectivity index (χ3n) is 4.39. The van der Waals surface area contributed by atoms with Crippen molar-refractivity contribution in [3.63, 3.8) is 0 Å². The van der Waals surface area contributed by atoms with E-state index in [1.165, 1.54) is 0 Å². The molecule has 0 saturated heterocycles. The van der Waals surface area contributed by atoms with E-state index in [-0.39, 0.29) is 36.7 Å². The van der Waals surface area contributed by atoms with E-state index in [4.69, 9.17) is 0 Å². The minimum Gasteiger partial charge on any atom is -0.345 e. The number of anilines is 1. The summed E-state index contributed by atoms with van der Waals surface area (Å²) in [6.07, 6.45) is 4.48. The summed E-state index contributed by atoms with van der Waals surface area (Å²) in [5, 5.41) is 5.32. The smallest absolute Gasteiger partial charge is 0.243 e. The number of amides is 3. The Bertz CT molecular complexity index is 590. The highest BCUT2D eigenvalue weighted by Gasteiger charge is 2.23. The van der Waals surface area contributed by atoms with Gasteiger partial charge in [0.15, 0.2) is 0 Å². The van der Waals surface area contributed by atoms with E-state index in [1.807, 2.05) is 32.0 Å². The molecule has 1 atom stereocenters. The van der Waals surface area contributed by atoms with Crippen LogP contribution in [0.2, 0.25) is 0 Å². The summed E-state index contributed by atoms with van der Waals surface area (Å²) in [5.41, 5.74) is 0.682. The van der Waals surface area contributed by atoms with Crippen molar-refractivity contribution >= 4 is 23.4 Å². The Hall–Kier alpha value is -2.37. The molecule has 0 aliphatic heterocycles. The standard InChI is InChI=1S/C21H33N3O3/c1-4-7-11-17(6-3)21(27)24(14-5-2)16-20(26)22-15-19(25)23-18-12-9-8-10-13-18/h8-10,12-13,17H,4-7,11,14-16H2,1-3H3,(H,22,26)(H,23,25)/t17-/m1/s1. The SMILES string of the molecule is CCCC[C@@H](CC)C(=O)N(CCC)CC(=O)NCC(=O)Nc1ccccc1. The zero-order chi connectivity index (χ0) is 20.1. The number of rotatable bonds is 12. The van der Waals surface area contributed by atoms with E-state index in [1.54, 1.807) is 17.0 Å². The molecule has 6 nitrogen and oxygen atoms in total. The van der Waals surface area contributed by atoms with Crippen LogP contribution in [0.15, 0.2) is 30.3 Å². The maximum absolute atomic E-state index is 12.8. The van der Waals surface area contributed by atoms with E-state index in [0.29, 0.717) is 12.2 Å². The van der Waals surface area contributed by atoms with Gasteiger partial charge in [0.1, 0.15) is 0 Å². The van der Waals surface area contributed by atoms with Gasteiger partial charge in [-0.2, -0.15) is 0 Å². The fourth-order valence-corrected chi connectivity index (χ4v) is 2.88. The Kier molecular flexibility index (Phi) is 10.8. The molecule has 0 unspecified atom stereocenters. The summed E-state index contributed by atoms with van der Waals surface area (Å²) in [7, 11) is 0. The molecule has 6 heteroatoms. The second-order valence-corrected chi connectivity index (χ2v) is 6.70. The van der Waals surface area contributed by atoms with Crippen LogP contribution < -0.4 is 10.6 Å². The Morgan fingerprint density at radius 2 is 1.70 bits per heavy atom. The second kappa shape index (κ2) is 12.9. The second-order valence-electron chi connectivity index (χ2n) is 6.70. The predicted octanol–water partition coefficient (Wildman–Crippen LogP) is 3.20. The molecule has 0 aliphatic rings. The maximum Gasteiger partial charge on any atom is 0.243 e. The summed E-state index contributed by atoms with van der Waals surface area (Å²) in [4.78, 5) is 38.5. The number of carbonyl (C=O) groups excluding carboxylic acids is 3. The van der Waals surface area contributed by atoms with Gasteiger partial charge in [-0.05, 0) is 31.4 Å². The Balaban J connectivity index is 2.51. The van der Waals surface area contributed by atoms with E-state index < -0.39 is 0 Å². The summed E-state index contributed by atoms with van der Waals surface area (Å²) in [5.74, 6) is -0.606. The molecule has 0 heterocycles. The maximum atomic E-state index is 12.8. The lowest BCUT2D eigenvalue weighted by Gasteiger charge is -2.26. The van der Waals surface area contributed by atoms with Crippen molar-refractivity contribution < 1.29 is 14.4 Å². The highest BCUT2D eigenvalue weighted by molar-refractivity contribution is 5.95. The summed E-state index contributed by atoms with van der Waals surface area (Å²) in [6.45, 7) is 6.53. The first-order valence-corrected chi connectivity index (χ1v) is 9.92. The molecule has 3 amide bonds. The van der Waals surface area contributed by atoms with Crippen LogP contribution in [0.1, 0.15) is 52.9 Å². The Morgan fingerprint density at radius 3 is 2.30 bits per heavy atom. The fraction of sp³-hybridized carbons (Fsp3) is 0.571. The summed E-state index contributed by atoms with van der Waals surface area (Å²) < 4.78 is 0. The normalized spacial score (nSPS) is 11.5. The van der Waals surface area contributed by atoms with Crippen LogP contribution in [0.4, 0.5) is 5.69 Å². The van der Waals surface area contributed by atoms with Gasteiger partial charge >= 0.3 is 0 Å². The minimum atomic E-state index is -0.314. The molecule has 1 aromatic carbocycles. The van der Waals surface area contributed by atoms with Crippen LogP contribution in [-0.4, -0.2) is 42.3 Å². The van der Waals surface area contributed by atoms with E-state index in [0.717, 1.165) is 32.1 Å².